The topological polar surface area (TPSA) is 51.6 Å². The lowest BCUT2D eigenvalue weighted by Gasteiger charge is -2.21. The molecule has 0 saturated carbocycles. The van der Waals surface area contributed by atoms with Gasteiger partial charge in [-0.05, 0) is 51.6 Å². The molecule has 8 rings (SSSR count). The highest BCUT2D eigenvalue weighted by molar-refractivity contribution is 5.87. The molecule has 1 aliphatic rings. The molecule has 5 aromatic carbocycles. The maximum absolute atomic E-state index is 5.14. The second-order valence-corrected chi connectivity index (χ2v) is 11.9. The molecule has 0 spiro atoms. The molecule has 2 aromatic heterocycles. The monoisotopic (exact) mass is 578 g/mol. The van der Waals surface area contributed by atoms with Crippen LogP contribution in [0.15, 0.2) is 146 Å². The van der Waals surface area contributed by atoms with Gasteiger partial charge in [0.05, 0.1) is 5.69 Å². The van der Waals surface area contributed by atoms with Crippen LogP contribution in [0, 0.1) is 0 Å². The van der Waals surface area contributed by atoms with E-state index in [9.17, 15) is 0 Å². The molecular weight excluding hydrogens is 548 g/mol. The molecule has 7 aromatic rings. The Bertz CT molecular complexity index is 2190. The second kappa shape index (κ2) is 10.8. The Morgan fingerprint density at radius 3 is 1.71 bits per heavy atom. The average molecular weight is 579 g/mol. The molecule has 0 atom stereocenters. The molecular formula is C41H30N4. The Morgan fingerprint density at radius 1 is 0.400 bits per heavy atom. The summed E-state index contributed by atoms with van der Waals surface area (Å²) in [7, 11) is 0. The van der Waals surface area contributed by atoms with E-state index in [4.69, 9.17) is 19.9 Å². The molecule has 0 unspecified atom stereocenters. The lowest BCUT2D eigenvalue weighted by atomic mass is 9.82. The highest BCUT2D eigenvalue weighted by Crippen LogP contribution is 2.49. The van der Waals surface area contributed by atoms with E-state index in [1.54, 1.807) is 0 Å². The highest BCUT2D eigenvalue weighted by Gasteiger charge is 2.35. The number of aromatic nitrogens is 4. The van der Waals surface area contributed by atoms with E-state index in [0.717, 1.165) is 39.1 Å². The zero-order chi connectivity index (χ0) is 30.4. The molecule has 0 radical (unpaired) electrons. The van der Waals surface area contributed by atoms with Crippen molar-refractivity contribution in [3.05, 3.63) is 157 Å². The van der Waals surface area contributed by atoms with Crippen LogP contribution >= 0.6 is 0 Å². The summed E-state index contributed by atoms with van der Waals surface area (Å²) in [6.45, 7) is 4.60. The molecule has 1 aliphatic carbocycles. The quantitative estimate of drug-likeness (QED) is 0.204. The third kappa shape index (κ3) is 4.63. The number of hydrogen-bond acceptors (Lipinski definition) is 4. The fourth-order valence-electron chi connectivity index (χ4n) is 6.56. The molecule has 0 fully saturated rings. The van der Waals surface area contributed by atoms with Gasteiger partial charge in [0.1, 0.15) is 0 Å². The van der Waals surface area contributed by atoms with Gasteiger partial charge in [0.25, 0.3) is 0 Å². The molecule has 214 valence electrons. The van der Waals surface area contributed by atoms with Crippen LogP contribution in [0.2, 0.25) is 0 Å². The van der Waals surface area contributed by atoms with Crippen LogP contribution in [-0.2, 0) is 5.41 Å². The van der Waals surface area contributed by atoms with Crippen LogP contribution in [0.25, 0.3) is 67.7 Å². The zero-order valence-corrected chi connectivity index (χ0v) is 25.1. The second-order valence-electron chi connectivity index (χ2n) is 11.9. The van der Waals surface area contributed by atoms with Crippen LogP contribution in [0.3, 0.4) is 0 Å². The van der Waals surface area contributed by atoms with Gasteiger partial charge in [-0.2, -0.15) is 0 Å². The summed E-state index contributed by atoms with van der Waals surface area (Å²) in [5.74, 6) is 1.83. The normalized spacial score (nSPS) is 12.8. The fourth-order valence-corrected chi connectivity index (χ4v) is 6.56. The van der Waals surface area contributed by atoms with Crippen molar-refractivity contribution < 1.29 is 0 Å². The first kappa shape index (κ1) is 26.9. The van der Waals surface area contributed by atoms with Crippen molar-refractivity contribution in [3.63, 3.8) is 0 Å². The molecule has 0 bridgehead atoms. The lowest BCUT2D eigenvalue weighted by Crippen LogP contribution is -2.14. The minimum Gasteiger partial charge on any atom is -0.255 e. The third-order valence-electron chi connectivity index (χ3n) is 8.83. The SMILES string of the molecule is CC1(C)c2ccccc2-c2cc(-c3ncccc3-c3nc(-c4ccccc4)nc(-c4ccccc4-c4ccccc4)n3)ccc21. The Morgan fingerprint density at radius 2 is 0.956 bits per heavy atom. The first-order valence-electron chi connectivity index (χ1n) is 15.2. The van der Waals surface area contributed by atoms with Gasteiger partial charge in [-0.1, -0.05) is 135 Å². The molecule has 4 heteroatoms. The molecule has 0 saturated heterocycles. The van der Waals surface area contributed by atoms with Gasteiger partial charge in [-0.15, -0.1) is 0 Å². The molecule has 0 aliphatic heterocycles. The highest BCUT2D eigenvalue weighted by atomic mass is 15.0. The van der Waals surface area contributed by atoms with Crippen molar-refractivity contribution in [2.45, 2.75) is 19.3 Å². The average Bonchev–Trinajstić information content (AvgIpc) is 3.34. The summed E-state index contributed by atoms with van der Waals surface area (Å²) < 4.78 is 0. The zero-order valence-electron chi connectivity index (χ0n) is 25.1. The van der Waals surface area contributed by atoms with Crippen LogP contribution in [0.4, 0.5) is 0 Å². The third-order valence-corrected chi connectivity index (χ3v) is 8.83. The van der Waals surface area contributed by atoms with Crippen molar-refractivity contribution in [1.29, 1.82) is 0 Å². The fraction of sp³-hybridized carbons (Fsp3) is 0.0732. The van der Waals surface area contributed by atoms with E-state index in [1.165, 1.54) is 22.3 Å². The van der Waals surface area contributed by atoms with Crippen LogP contribution in [0.5, 0.6) is 0 Å². The van der Waals surface area contributed by atoms with E-state index in [2.05, 4.69) is 105 Å². The van der Waals surface area contributed by atoms with E-state index in [1.807, 2.05) is 54.7 Å². The van der Waals surface area contributed by atoms with Crippen molar-refractivity contribution in [1.82, 2.24) is 19.9 Å². The van der Waals surface area contributed by atoms with Crippen molar-refractivity contribution in [2.24, 2.45) is 0 Å². The number of benzene rings is 5. The summed E-state index contributed by atoms with van der Waals surface area (Å²) in [4.78, 5) is 20.1. The first-order valence-corrected chi connectivity index (χ1v) is 15.2. The summed E-state index contributed by atoms with van der Waals surface area (Å²) in [5.41, 5.74) is 12.0. The number of pyridine rings is 1. The minimum absolute atomic E-state index is 0.0583. The molecule has 45 heavy (non-hydrogen) atoms. The maximum atomic E-state index is 5.14. The van der Waals surface area contributed by atoms with Crippen LogP contribution < -0.4 is 0 Å². The van der Waals surface area contributed by atoms with Gasteiger partial charge in [-0.3, -0.25) is 4.98 Å². The molecule has 2 heterocycles. The largest absolute Gasteiger partial charge is 0.255 e. The Labute approximate surface area is 263 Å². The summed E-state index contributed by atoms with van der Waals surface area (Å²) in [5, 5.41) is 0. The Hall–Kier alpha value is -5.74. The molecule has 0 amide bonds. The van der Waals surface area contributed by atoms with Crippen LogP contribution in [0.1, 0.15) is 25.0 Å². The Balaban J connectivity index is 1.32. The standard InChI is InChI=1S/C41H30N4/c1-41(2)35-22-12-11-19-31(35)34-26-29(23-24-36(34)41)37-33(21-13-25-42-37)40-44-38(28-16-7-4-8-17-28)43-39(45-40)32-20-10-9-18-30(32)27-14-5-3-6-15-27/h3-26H,1-2H3. The number of nitrogens with zero attached hydrogens (tertiary/aromatic N) is 4. The van der Waals surface area contributed by atoms with Gasteiger partial charge in [-0.25, -0.2) is 15.0 Å². The van der Waals surface area contributed by atoms with Gasteiger partial charge in [0.2, 0.25) is 0 Å². The predicted octanol–water partition coefficient (Wildman–Crippen LogP) is 9.91. The lowest BCUT2D eigenvalue weighted by molar-refractivity contribution is 0.660. The Kier molecular flexibility index (Phi) is 6.42. The summed E-state index contributed by atoms with van der Waals surface area (Å²) in [6.07, 6.45) is 1.84. The van der Waals surface area contributed by atoms with Crippen molar-refractivity contribution in [2.75, 3.05) is 0 Å². The van der Waals surface area contributed by atoms with E-state index in [-0.39, 0.29) is 5.41 Å². The van der Waals surface area contributed by atoms with E-state index in [0.29, 0.717) is 17.5 Å². The first-order chi connectivity index (χ1) is 22.1. The van der Waals surface area contributed by atoms with Crippen molar-refractivity contribution in [3.8, 4) is 67.7 Å². The van der Waals surface area contributed by atoms with E-state index >= 15 is 0 Å². The number of rotatable bonds is 5. The number of hydrogen-bond donors (Lipinski definition) is 0. The minimum atomic E-state index is -0.0583. The smallest absolute Gasteiger partial charge is 0.166 e. The van der Waals surface area contributed by atoms with Crippen LogP contribution in [-0.4, -0.2) is 19.9 Å². The maximum Gasteiger partial charge on any atom is 0.166 e. The van der Waals surface area contributed by atoms with Gasteiger partial charge in [0.15, 0.2) is 17.5 Å². The predicted molar refractivity (Wildman–Crippen MR) is 182 cm³/mol. The summed E-state index contributed by atoms with van der Waals surface area (Å²) >= 11 is 0. The van der Waals surface area contributed by atoms with E-state index < -0.39 is 0 Å². The molecule has 0 N–H and O–H groups in total. The van der Waals surface area contributed by atoms with Gasteiger partial charge < -0.3 is 0 Å². The van der Waals surface area contributed by atoms with Crippen molar-refractivity contribution >= 4 is 0 Å². The summed E-state index contributed by atoms with van der Waals surface area (Å²) in [6, 6.07) is 48.2. The van der Waals surface area contributed by atoms with Gasteiger partial charge >= 0.3 is 0 Å². The van der Waals surface area contributed by atoms with Gasteiger partial charge in [0, 0.05) is 33.9 Å². The number of fused-ring (bicyclic) bond motifs is 3. The molecule has 4 nitrogen and oxygen atoms in total.